The lowest BCUT2D eigenvalue weighted by molar-refractivity contribution is 0.121. The van der Waals surface area contributed by atoms with Crippen LogP contribution < -0.4 is 10.2 Å². The Labute approximate surface area is 149 Å². The van der Waals surface area contributed by atoms with Crippen molar-refractivity contribution in [1.82, 2.24) is 15.3 Å². The molecule has 0 aliphatic carbocycles. The molecule has 0 spiro atoms. The lowest BCUT2D eigenvalue weighted by atomic mass is 10.1. The summed E-state index contributed by atoms with van der Waals surface area (Å²) in [5.74, 6) is 2.07. The van der Waals surface area contributed by atoms with Crippen LogP contribution in [0.4, 0.5) is 5.82 Å². The number of hydrogen-bond donors (Lipinski definition) is 1. The van der Waals surface area contributed by atoms with Crippen molar-refractivity contribution in [2.75, 3.05) is 38.2 Å². The minimum atomic E-state index is 0.312. The van der Waals surface area contributed by atoms with Gasteiger partial charge in [0.15, 0.2) is 0 Å². The van der Waals surface area contributed by atoms with Crippen LogP contribution in [0, 0.1) is 0 Å². The van der Waals surface area contributed by atoms with E-state index < -0.39 is 0 Å². The number of methoxy groups -OCH3 is 1. The predicted molar refractivity (Wildman–Crippen MR) is 99.2 cm³/mol. The molecule has 0 unspecified atom stereocenters. The fourth-order valence-electron chi connectivity index (χ4n) is 3.81. The molecule has 5 heteroatoms. The maximum atomic E-state index is 5.56. The summed E-state index contributed by atoms with van der Waals surface area (Å²) in [5, 5.41) is 3.49. The van der Waals surface area contributed by atoms with Gasteiger partial charge in [-0.15, -0.1) is 0 Å². The Hall–Kier alpha value is -1.98. The molecule has 3 heterocycles. The minimum absolute atomic E-state index is 0.312. The molecule has 2 aliphatic rings. The maximum absolute atomic E-state index is 5.56. The lowest BCUT2D eigenvalue weighted by Gasteiger charge is -2.22. The molecule has 1 aromatic carbocycles. The number of fused-ring (bicyclic) bond motifs is 1. The molecule has 1 atom stereocenters. The third-order valence-corrected chi connectivity index (χ3v) is 5.19. The lowest BCUT2D eigenvalue weighted by Crippen LogP contribution is -2.26. The zero-order valence-corrected chi connectivity index (χ0v) is 14.9. The number of benzene rings is 1. The molecule has 0 radical (unpaired) electrons. The van der Waals surface area contributed by atoms with Gasteiger partial charge < -0.3 is 15.0 Å². The number of ether oxygens (including phenoxy) is 1. The molecule has 5 nitrogen and oxygen atoms in total. The summed E-state index contributed by atoms with van der Waals surface area (Å²) in [7, 11) is 1.80. The average molecular weight is 338 g/mol. The molecule has 0 amide bonds. The van der Waals surface area contributed by atoms with E-state index in [0.29, 0.717) is 6.10 Å². The van der Waals surface area contributed by atoms with E-state index in [-0.39, 0.29) is 0 Å². The number of anilines is 1. The highest BCUT2D eigenvalue weighted by Gasteiger charge is 2.27. The van der Waals surface area contributed by atoms with Gasteiger partial charge >= 0.3 is 0 Å². The smallest absolute Gasteiger partial charge is 0.135 e. The van der Waals surface area contributed by atoms with E-state index in [0.717, 1.165) is 63.5 Å². The molecule has 0 saturated carbocycles. The molecular formula is C20H26N4O. The predicted octanol–water partition coefficient (Wildman–Crippen LogP) is 1.98. The SMILES string of the molecule is CO[C@@H]1CCN(c2nc(Cc3ccccc3)nc3c2CCNCC3)C1. The van der Waals surface area contributed by atoms with Crippen LogP contribution in [0.25, 0.3) is 0 Å². The largest absolute Gasteiger partial charge is 0.380 e. The van der Waals surface area contributed by atoms with Gasteiger partial charge in [-0.25, -0.2) is 9.97 Å². The molecule has 2 aromatic rings. The van der Waals surface area contributed by atoms with Gasteiger partial charge in [-0.1, -0.05) is 30.3 Å². The first-order chi connectivity index (χ1) is 12.3. The van der Waals surface area contributed by atoms with Crippen molar-refractivity contribution in [3.05, 3.63) is 53.0 Å². The third-order valence-electron chi connectivity index (χ3n) is 5.19. The van der Waals surface area contributed by atoms with E-state index in [1.54, 1.807) is 7.11 Å². The Balaban J connectivity index is 1.69. The zero-order valence-electron chi connectivity index (χ0n) is 14.9. The van der Waals surface area contributed by atoms with Crippen LogP contribution in [-0.2, 0) is 24.0 Å². The first-order valence-corrected chi connectivity index (χ1v) is 9.24. The molecule has 2 aliphatic heterocycles. The van der Waals surface area contributed by atoms with Crippen molar-refractivity contribution in [3.8, 4) is 0 Å². The van der Waals surface area contributed by atoms with Crippen molar-refractivity contribution in [2.45, 2.75) is 31.8 Å². The van der Waals surface area contributed by atoms with E-state index in [1.807, 2.05) is 6.07 Å². The molecule has 1 N–H and O–H groups in total. The van der Waals surface area contributed by atoms with Crippen LogP contribution in [0.15, 0.2) is 30.3 Å². The standard InChI is InChI=1S/C20H26N4O/c1-25-16-9-12-24(14-16)20-17-7-10-21-11-8-18(17)22-19(23-20)13-15-5-3-2-4-6-15/h2-6,16,21H,7-14H2,1H3/t16-/m1/s1. The van der Waals surface area contributed by atoms with Gasteiger partial charge in [0.1, 0.15) is 11.6 Å². The number of nitrogens with zero attached hydrogens (tertiary/aromatic N) is 3. The zero-order chi connectivity index (χ0) is 17.1. The fourth-order valence-corrected chi connectivity index (χ4v) is 3.81. The highest BCUT2D eigenvalue weighted by atomic mass is 16.5. The third kappa shape index (κ3) is 3.67. The summed E-state index contributed by atoms with van der Waals surface area (Å²) in [6.07, 6.45) is 4.16. The number of rotatable bonds is 4. The topological polar surface area (TPSA) is 50.3 Å². The Morgan fingerprint density at radius 1 is 1.16 bits per heavy atom. The Kier molecular flexibility index (Phi) is 4.95. The van der Waals surface area contributed by atoms with Crippen LogP contribution >= 0.6 is 0 Å². The van der Waals surface area contributed by atoms with Crippen LogP contribution in [0.3, 0.4) is 0 Å². The van der Waals surface area contributed by atoms with Gasteiger partial charge in [0.05, 0.1) is 11.8 Å². The van der Waals surface area contributed by atoms with E-state index in [9.17, 15) is 0 Å². The van der Waals surface area contributed by atoms with Crippen LogP contribution in [0.2, 0.25) is 0 Å². The summed E-state index contributed by atoms with van der Waals surface area (Å²) in [6, 6.07) is 10.5. The normalized spacial score (nSPS) is 20.4. The van der Waals surface area contributed by atoms with Crippen molar-refractivity contribution in [1.29, 1.82) is 0 Å². The molecule has 4 rings (SSSR count). The van der Waals surface area contributed by atoms with E-state index in [4.69, 9.17) is 14.7 Å². The summed E-state index contributed by atoms with van der Waals surface area (Å²) in [4.78, 5) is 12.3. The summed E-state index contributed by atoms with van der Waals surface area (Å²) >= 11 is 0. The molecule has 1 aromatic heterocycles. The second kappa shape index (κ2) is 7.50. The molecule has 0 bridgehead atoms. The molecular weight excluding hydrogens is 312 g/mol. The minimum Gasteiger partial charge on any atom is -0.380 e. The average Bonchev–Trinajstić information content (AvgIpc) is 3.00. The van der Waals surface area contributed by atoms with Gasteiger partial charge in [-0.2, -0.15) is 0 Å². The molecule has 25 heavy (non-hydrogen) atoms. The van der Waals surface area contributed by atoms with Crippen LogP contribution in [-0.4, -0.2) is 49.4 Å². The monoisotopic (exact) mass is 338 g/mol. The highest BCUT2D eigenvalue weighted by Crippen LogP contribution is 2.27. The van der Waals surface area contributed by atoms with E-state index in [1.165, 1.54) is 16.8 Å². The van der Waals surface area contributed by atoms with Crippen molar-refractivity contribution in [3.63, 3.8) is 0 Å². The first kappa shape index (κ1) is 16.5. The number of aromatic nitrogens is 2. The van der Waals surface area contributed by atoms with Crippen LogP contribution in [0.1, 0.15) is 29.1 Å². The Bertz CT molecular complexity index is 719. The number of hydrogen-bond acceptors (Lipinski definition) is 5. The van der Waals surface area contributed by atoms with Crippen molar-refractivity contribution in [2.24, 2.45) is 0 Å². The Morgan fingerprint density at radius 3 is 2.80 bits per heavy atom. The first-order valence-electron chi connectivity index (χ1n) is 9.24. The summed E-state index contributed by atoms with van der Waals surface area (Å²) in [5.41, 5.74) is 3.82. The fraction of sp³-hybridized carbons (Fsp3) is 0.500. The van der Waals surface area contributed by atoms with E-state index >= 15 is 0 Å². The van der Waals surface area contributed by atoms with Crippen molar-refractivity contribution >= 4 is 5.82 Å². The summed E-state index contributed by atoms with van der Waals surface area (Å²) in [6.45, 7) is 3.94. The summed E-state index contributed by atoms with van der Waals surface area (Å²) < 4.78 is 5.56. The van der Waals surface area contributed by atoms with Gasteiger partial charge in [0.2, 0.25) is 0 Å². The molecule has 132 valence electrons. The molecule has 1 fully saturated rings. The number of nitrogens with one attached hydrogen (secondary N) is 1. The second-order valence-electron chi connectivity index (χ2n) is 6.89. The van der Waals surface area contributed by atoms with Gasteiger partial charge in [-0.3, -0.25) is 0 Å². The molecule has 1 saturated heterocycles. The quantitative estimate of drug-likeness (QED) is 0.924. The Morgan fingerprint density at radius 2 is 2.00 bits per heavy atom. The van der Waals surface area contributed by atoms with E-state index in [2.05, 4.69) is 34.5 Å². The van der Waals surface area contributed by atoms with Gasteiger partial charge in [-0.05, 0) is 24.9 Å². The second-order valence-corrected chi connectivity index (χ2v) is 6.89. The highest BCUT2D eigenvalue weighted by molar-refractivity contribution is 5.51. The van der Waals surface area contributed by atoms with Gasteiger partial charge in [0, 0.05) is 45.1 Å². The maximum Gasteiger partial charge on any atom is 0.135 e. The van der Waals surface area contributed by atoms with Crippen LogP contribution in [0.5, 0.6) is 0 Å². The van der Waals surface area contributed by atoms with Gasteiger partial charge in [0.25, 0.3) is 0 Å². The van der Waals surface area contributed by atoms with Crippen molar-refractivity contribution < 1.29 is 4.74 Å².